The molecule has 1 aliphatic heterocycles. The van der Waals surface area contributed by atoms with Crippen molar-refractivity contribution in [2.75, 3.05) is 11.4 Å². The molecule has 0 amide bonds. The molecule has 154 valence electrons. The number of fused-ring (bicyclic) bond motifs is 6. The van der Waals surface area contributed by atoms with E-state index in [1.807, 2.05) is 0 Å². The zero-order valence-corrected chi connectivity index (χ0v) is 20.0. The lowest BCUT2D eigenvalue weighted by molar-refractivity contribution is -0.664. The van der Waals surface area contributed by atoms with Crippen molar-refractivity contribution in [2.24, 2.45) is 0 Å². The summed E-state index contributed by atoms with van der Waals surface area (Å²) in [6, 6.07) is 8.43. The average molecular weight is 482 g/mol. The molecule has 0 bridgehead atoms. The zero-order chi connectivity index (χ0) is 20.9. The molecular weight excluding hydrogens is 465 g/mol. The van der Waals surface area contributed by atoms with E-state index in [9.17, 15) is 0 Å². The van der Waals surface area contributed by atoms with Crippen molar-refractivity contribution in [2.45, 2.75) is 25.3 Å². The minimum Gasteiger partial charge on any atom is -0.333 e. The summed E-state index contributed by atoms with van der Waals surface area (Å²) >= 11 is 6.14. The predicted octanol–water partition coefficient (Wildman–Crippen LogP) is 5.70. The molecule has 6 nitrogen and oxygen atoms in total. The van der Waals surface area contributed by atoms with Crippen LogP contribution in [0.3, 0.4) is 0 Å². The van der Waals surface area contributed by atoms with E-state index in [1.165, 1.54) is 54.3 Å². The van der Waals surface area contributed by atoms with E-state index in [2.05, 4.69) is 83.3 Å². The Bertz CT molecular complexity index is 1510. The van der Waals surface area contributed by atoms with Crippen molar-refractivity contribution < 1.29 is 4.57 Å². The van der Waals surface area contributed by atoms with Gasteiger partial charge >= 0.3 is 0 Å². The molecule has 0 fully saturated rings. The van der Waals surface area contributed by atoms with E-state index in [1.54, 1.807) is 23.1 Å². The molecule has 0 atom stereocenters. The van der Waals surface area contributed by atoms with Gasteiger partial charge in [-0.1, -0.05) is 29.2 Å². The highest BCUT2D eigenvalue weighted by molar-refractivity contribution is 8.03. The fourth-order valence-corrected chi connectivity index (χ4v) is 7.33. The van der Waals surface area contributed by atoms with Crippen LogP contribution in [0.25, 0.3) is 38.4 Å². The fourth-order valence-electron chi connectivity index (χ4n) is 3.97. The summed E-state index contributed by atoms with van der Waals surface area (Å²) in [6.07, 6.45) is 6.55. The number of nitrogens with zero attached hydrogens (tertiary/aromatic N) is 6. The third-order valence-corrected chi connectivity index (χ3v) is 8.65. The fraction of sp³-hybridized carbons (Fsp3) is 0.190. The molecule has 0 aliphatic carbocycles. The molecule has 6 rings (SSSR count). The van der Waals surface area contributed by atoms with Crippen LogP contribution in [0.5, 0.6) is 0 Å². The van der Waals surface area contributed by atoms with Gasteiger partial charge in [-0.3, -0.25) is 0 Å². The zero-order valence-electron chi connectivity index (χ0n) is 16.8. The van der Waals surface area contributed by atoms with Crippen LogP contribution >= 0.6 is 46.6 Å². The van der Waals surface area contributed by atoms with Gasteiger partial charge in [-0.2, -0.15) is 22.1 Å². The van der Waals surface area contributed by atoms with E-state index < -0.39 is 0 Å². The number of thiazole rings is 1. The number of hydrogen-bond acceptors (Lipinski definition) is 9. The Hall–Kier alpha value is -2.40. The minimum absolute atomic E-state index is 0.892. The molecule has 0 radical (unpaired) electrons. The quantitative estimate of drug-likeness (QED) is 0.307. The second-order valence-electron chi connectivity index (χ2n) is 6.98. The van der Waals surface area contributed by atoms with Gasteiger partial charge in [-0.25, -0.2) is 0 Å². The molecule has 0 spiro atoms. The first-order chi connectivity index (χ1) is 15.3. The summed E-state index contributed by atoms with van der Waals surface area (Å²) in [5.41, 5.74) is 6.30. The van der Waals surface area contributed by atoms with Gasteiger partial charge in [0.05, 0.1) is 34.2 Å². The summed E-state index contributed by atoms with van der Waals surface area (Å²) in [6.45, 7) is 6.14. The standard InChI is InChI=1S/C21H17N6S4/c1-3-26-16(28-14-10-8-12-18(20(14)26)24-30-22-12)6-5-7-17-27(4-2)21-15(29-17)11-9-13-19(21)25-31-23-13/h5-11H,3-4H2,1-2H3/q+1. The molecule has 3 aromatic heterocycles. The van der Waals surface area contributed by atoms with Gasteiger partial charge in [0, 0.05) is 17.5 Å². The highest BCUT2D eigenvalue weighted by Gasteiger charge is 2.27. The second kappa shape index (κ2) is 7.63. The lowest BCUT2D eigenvalue weighted by Crippen LogP contribution is -2.33. The largest absolute Gasteiger partial charge is 0.333 e. The van der Waals surface area contributed by atoms with E-state index in [0.717, 1.165) is 35.2 Å². The van der Waals surface area contributed by atoms with Crippen LogP contribution in [0.1, 0.15) is 18.9 Å². The lowest BCUT2D eigenvalue weighted by atomic mass is 10.2. The number of aryl methyl sites for hydroxylation is 1. The Morgan fingerprint density at radius 3 is 2.55 bits per heavy atom. The maximum absolute atomic E-state index is 4.54. The van der Waals surface area contributed by atoms with Gasteiger partial charge in [0.15, 0.2) is 5.52 Å². The summed E-state index contributed by atoms with van der Waals surface area (Å²) in [5, 5.41) is 2.43. The molecule has 0 saturated carbocycles. The molecule has 5 aromatic rings. The Balaban J connectivity index is 1.39. The SMILES string of the molecule is CCN1/C(=C/C=C\c2sc3ccc4nsnc4c3[n+]2CC)Sc2ccc3nsnc3c21. The van der Waals surface area contributed by atoms with Crippen molar-refractivity contribution in [1.29, 1.82) is 0 Å². The molecule has 31 heavy (non-hydrogen) atoms. The topological polar surface area (TPSA) is 58.7 Å². The molecule has 10 heteroatoms. The first-order valence-electron chi connectivity index (χ1n) is 9.95. The summed E-state index contributed by atoms with van der Waals surface area (Å²) in [5.74, 6) is 0. The number of anilines is 1. The molecule has 0 saturated heterocycles. The van der Waals surface area contributed by atoms with Crippen LogP contribution in [-0.4, -0.2) is 24.0 Å². The van der Waals surface area contributed by atoms with Crippen molar-refractivity contribution in [3.63, 3.8) is 0 Å². The number of rotatable bonds is 4. The third-order valence-electron chi connectivity index (χ3n) is 5.34. The van der Waals surface area contributed by atoms with Crippen LogP contribution in [0.2, 0.25) is 0 Å². The van der Waals surface area contributed by atoms with Crippen LogP contribution in [0.15, 0.2) is 46.3 Å². The lowest BCUT2D eigenvalue weighted by Gasteiger charge is -2.17. The van der Waals surface area contributed by atoms with Crippen molar-refractivity contribution >= 4 is 90.6 Å². The first-order valence-corrected chi connectivity index (χ1v) is 13.0. The van der Waals surface area contributed by atoms with Gasteiger partial charge < -0.3 is 4.90 Å². The van der Waals surface area contributed by atoms with Crippen LogP contribution in [0, 0.1) is 0 Å². The Kier molecular flexibility index (Phi) is 4.75. The number of allylic oxidation sites excluding steroid dienone is 2. The predicted molar refractivity (Wildman–Crippen MR) is 132 cm³/mol. The number of aromatic nitrogens is 5. The van der Waals surface area contributed by atoms with Gasteiger partial charge in [-0.15, -0.1) is 0 Å². The van der Waals surface area contributed by atoms with E-state index in [4.69, 9.17) is 0 Å². The van der Waals surface area contributed by atoms with E-state index >= 15 is 0 Å². The van der Waals surface area contributed by atoms with Crippen LogP contribution < -0.4 is 9.47 Å². The molecule has 0 N–H and O–H groups in total. The van der Waals surface area contributed by atoms with Gasteiger partial charge in [0.25, 0.3) is 10.5 Å². The molecule has 1 aliphatic rings. The maximum atomic E-state index is 4.54. The van der Waals surface area contributed by atoms with Gasteiger partial charge in [0.2, 0.25) is 0 Å². The van der Waals surface area contributed by atoms with Crippen molar-refractivity contribution in [1.82, 2.24) is 17.5 Å². The van der Waals surface area contributed by atoms with Crippen LogP contribution in [-0.2, 0) is 6.54 Å². The summed E-state index contributed by atoms with van der Waals surface area (Å²) in [7, 11) is 0. The normalized spacial score (nSPS) is 15.4. The number of benzene rings is 2. The van der Waals surface area contributed by atoms with Crippen LogP contribution in [0.4, 0.5) is 5.69 Å². The Morgan fingerprint density at radius 1 is 0.968 bits per heavy atom. The van der Waals surface area contributed by atoms with Crippen molar-refractivity contribution in [3.8, 4) is 0 Å². The molecule has 0 unspecified atom stereocenters. The summed E-state index contributed by atoms with van der Waals surface area (Å²) in [4.78, 5) is 3.57. The second-order valence-corrected chi connectivity index (χ2v) is 10.2. The van der Waals surface area contributed by atoms with E-state index in [-0.39, 0.29) is 0 Å². The van der Waals surface area contributed by atoms with Gasteiger partial charge in [0.1, 0.15) is 27.8 Å². The highest BCUT2D eigenvalue weighted by Crippen LogP contribution is 2.48. The monoisotopic (exact) mass is 481 g/mol. The number of hydrogen-bond donors (Lipinski definition) is 0. The Morgan fingerprint density at radius 2 is 1.74 bits per heavy atom. The molecule has 4 heterocycles. The van der Waals surface area contributed by atoms with Crippen molar-refractivity contribution in [3.05, 3.63) is 46.5 Å². The molecule has 2 aromatic carbocycles. The smallest absolute Gasteiger partial charge is 0.262 e. The average Bonchev–Trinajstić information content (AvgIpc) is 3.55. The maximum Gasteiger partial charge on any atom is 0.262 e. The van der Waals surface area contributed by atoms with Gasteiger partial charge in [-0.05, 0) is 44.2 Å². The summed E-state index contributed by atoms with van der Waals surface area (Å²) < 4.78 is 21.4. The molecular formula is C21H17N6S4+. The first kappa shape index (κ1) is 19.3. The third kappa shape index (κ3) is 3.00. The van der Waals surface area contributed by atoms with E-state index in [0.29, 0.717) is 0 Å². The minimum atomic E-state index is 0.892. The Labute approximate surface area is 195 Å². The number of thioether (sulfide) groups is 1. The highest BCUT2D eigenvalue weighted by atomic mass is 32.2.